The maximum atomic E-state index is 13.0. The van der Waals surface area contributed by atoms with E-state index >= 15 is 0 Å². The highest BCUT2D eigenvalue weighted by molar-refractivity contribution is 7.92. The first kappa shape index (κ1) is 22.9. The van der Waals surface area contributed by atoms with Gasteiger partial charge in [0.05, 0.1) is 18.0 Å². The number of nitrogens with one attached hydrogen (secondary N) is 1. The number of amides is 1. The molecule has 1 N–H and O–H groups in total. The molecular weight excluding hydrogens is 384 g/mol. The Kier molecular flexibility index (Phi) is 6.78. The van der Waals surface area contributed by atoms with Gasteiger partial charge in [-0.2, -0.15) is 0 Å². The van der Waals surface area contributed by atoms with Crippen LogP contribution in [0.25, 0.3) is 0 Å². The van der Waals surface area contributed by atoms with Crippen molar-refractivity contribution in [3.05, 3.63) is 63.7 Å². The topological polar surface area (TPSA) is 66.5 Å². The van der Waals surface area contributed by atoms with Gasteiger partial charge in [0.15, 0.2) is 0 Å². The molecule has 2 aromatic rings. The van der Waals surface area contributed by atoms with Crippen LogP contribution in [0.3, 0.4) is 0 Å². The zero-order valence-corrected chi connectivity index (χ0v) is 19.4. The highest BCUT2D eigenvalue weighted by Crippen LogP contribution is 2.25. The summed E-state index contributed by atoms with van der Waals surface area (Å²) in [7, 11) is -3.64. The summed E-state index contributed by atoms with van der Waals surface area (Å²) >= 11 is 0. The zero-order chi connectivity index (χ0) is 22.1. The molecule has 2 aromatic carbocycles. The van der Waals surface area contributed by atoms with Gasteiger partial charge < -0.3 is 5.32 Å². The van der Waals surface area contributed by atoms with Crippen molar-refractivity contribution in [1.82, 2.24) is 5.32 Å². The molecule has 0 aromatic heterocycles. The third-order valence-corrected chi connectivity index (χ3v) is 6.78. The molecule has 0 spiro atoms. The number of carbonyl (C=O) groups is 1. The van der Waals surface area contributed by atoms with Gasteiger partial charge in [0, 0.05) is 0 Å². The fourth-order valence-corrected chi connectivity index (χ4v) is 4.70. The zero-order valence-electron chi connectivity index (χ0n) is 18.6. The van der Waals surface area contributed by atoms with Gasteiger partial charge in [0.25, 0.3) is 0 Å². The fraction of sp³-hybridized carbons (Fsp3) is 0.435. The van der Waals surface area contributed by atoms with Crippen LogP contribution < -0.4 is 9.62 Å². The van der Waals surface area contributed by atoms with Crippen LogP contribution in [0.5, 0.6) is 0 Å². The molecule has 2 atom stereocenters. The molecule has 1 amide bonds. The minimum atomic E-state index is -3.64. The standard InChI is InChI=1S/C23H32N2O3S/c1-14-9-10-21(12-16(14)3)25(29(8,27)28)20(7)23(26)24-19(6)22-13-17(4)15(2)11-18(22)5/h9-13,19-20H,1-8H3,(H,24,26)/t19-,20+/m0/s1. The van der Waals surface area contributed by atoms with Crippen molar-refractivity contribution < 1.29 is 13.2 Å². The number of anilines is 1. The molecule has 0 saturated carbocycles. The predicted octanol–water partition coefficient (Wildman–Crippen LogP) is 4.26. The molecule has 0 heterocycles. The summed E-state index contributed by atoms with van der Waals surface area (Å²) in [6, 6.07) is 8.49. The van der Waals surface area contributed by atoms with Crippen LogP contribution in [0, 0.1) is 34.6 Å². The second kappa shape index (κ2) is 8.57. The Labute approximate surface area is 175 Å². The van der Waals surface area contributed by atoms with Crippen LogP contribution in [0.4, 0.5) is 5.69 Å². The van der Waals surface area contributed by atoms with E-state index in [9.17, 15) is 13.2 Å². The first-order chi connectivity index (χ1) is 13.3. The van der Waals surface area contributed by atoms with Crippen molar-refractivity contribution in [1.29, 1.82) is 0 Å². The molecule has 0 radical (unpaired) electrons. The number of sulfonamides is 1. The second-order valence-electron chi connectivity index (χ2n) is 8.03. The van der Waals surface area contributed by atoms with Crippen molar-refractivity contribution in [2.45, 2.75) is 60.5 Å². The maximum Gasteiger partial charge on any atom is 0.244 e. The molecule has 5 nitrogen and oxygen atoms in total. The van der Waals surface area contributed by atoms with E-state index in [1.54, 1.807) is 19.1 Å². The third-order valence-electron chi connectivity index (χ3n) is 5.54. The normalized spacial score (nSPS) is 13.7. The van der Waals surface area contributed by atoms with Gasteiger partial charge >= 0.3 is 0 Å². The summed E-state index contributed by atoms with van der Waals surface area (Å²) in [6.07, 6.45) is 1.13. The Bertz CT molecular complexity index is 1030. The molecule has 0 bridgehead atoms. The molecule has 0 fully saturated rings. The van der Waals surface area contributed by atoms with E-state index in [2.05, 4.69) is 24.4 Å². The Balaban J connectivity index is 2.32. The van der Waals surface area contributed by atoms with E-state index in [4.69, 9.17) is 0 Å². The summed E-state index contributed by atoms with van der Waals surface area (Å²) in [5.41, 5.74) is 7.03. The molecule has 158 valence electrons. The summed E-state index contributed by atoms with van der Waals surface area (Å²) in [6.45, 7) is 13.5. The SMILES string of the molecule is Cc1ccc(N([C@H](C)C(=O)N[C@@H](C)c2cc(C)c(C)cc2C)S(C)(=O)=O)cc1C. The van der Waals surface area contributed by atoms with Gasteiger partial charge in [-0.1, -0.05) is 18.2 Å². The van der Waals surface area contributed by atoms with Crippen LogP contribution in [-0.4, -0.2) is 26.6 Å². The summed E-state index contributed by atoms with van der Waals surface area (Å²) < 4.78 is 26.2. The third kappa shape index (κ3) is 5.18. The minimum Gasteiger partial charge on any atom is -0.348 e. The number of nitrogens with zero attached hydrogens (tertiary/aromatic N) is 1. The molecule has 0 saturated heterocycles. The van der Waals surface area contributed by atoms with Crippen LogP contribution in [-0.2, 0) is 14.8 Å². The average Bonchev–Trinajstić information content (AvgIpc) is 2.59. The fourth-order valence-electron chi connectivity index (χ4n) is 3.53. The monoisotopic (exact) mass is 416 g/mol. The highest BCUT2D eigenvalue weighted by atomic mass is 32.2. The molecule has 0 unspecified atom stereocenters. The van der Waals surface area contributed by atoms with Crippen molar-refractivity contribution in [2.24, 2.45) is 0 Å². The Morgan fingerprint density at radius 3 is 1.97 bits per heavy atom. The van der Waals surface area contributed by atoms with E-state index in [0.717, 1.165) is 34.1 Å². The molecule has 2 rings (SSSR count). The van der Waals surface area contributed by atoms with E-state index < -0.39 is 16.1 Å². The Morgan fingerprint density at radius 2 is 1.41 bits per heavy atom. The van der Waals surface area contributed by atoms with E-state index in [1.165, 1.54) is 9.87 Å². The number of rotatable bonds is 6. The van der Waals surface area contributed by atoms with Crippen LogP contribution in [0.1, 0.15) is 53.3 Å². The predicted molar refractivity (Wildman–Crippen MR) is 120 cm³/mol. The van der Waals surface area contributed by atoms with Gasteiger partial charge in [-0.15, -0.1) is 0 Å². The first-order valence-electron chi connectivity index (χ1n) is 9.77. The first-order valence-corrected chi connectivity index (χ1v) is 11.6. The van der Waals surface area contributed by atoms with Crippen LogP contribution in [0.2, 0.25) is 0 Å². The van der Waals surface area contributed by atoms with E-state index in [0.29, 0.717) is 5.69 Å². The van der Waals surface area contributed by atoms with Crippen molar-refractivity contribution in [2.75, 3.05) is 10.6 Å². The second-order valence-corrected chi connectivity index (χ2v) is 9.89. The van der Waals surface area contributed by atoms with Gasteiger partial charge in [-0.3, -0.25) is 9.10 Å². The lowest BCUT2D eigenvalue weighted by molar-refractivity contribution is -0.122. The molecule has 6 heteroatoms. The highest BCUT2D eigenvalue weighted by Gasteiger charge is 2.30. The quantitative estimate of drug-likeness (QED) is 0.765. The summed E-state index contributed by atoms with van der Waals surface area (Å²) in [5, 5.41) is 2.99. The Morgan fingerprint density at radius 1 is 0.862 bits per heavy atom. The van der Waals surface area contributed by atoms with Crippen molar-refractivity contribution >= 4 is 21.6 Å². The van der Waals surface area contributed by atoms with Crippen LogP contribution in [0.15, 0.2) is 30.3 Å². The summed E-state index contributed by atoms with van der Waals surface area (Å²) in [4.78, 5) is 13.0. The van der Waals surface area contributed by atoms with Crippen molar-refractivity contribution in [3.63, 3.8) is 0 Å². The molecular formula is C23H32N2O3S. The molecule has 0 aliphatic carbocycles. The van der Waals surface area contributed by atoms with Gasteiger partial charge in [-0.05, 0) is 94.0 Å². The van der Waals surface area contributed by atoms with E-state index in [1.807, 2.05) is 40.7 Å². The Hall–Kier alpha value is -2.34. The molecule has 0 aliphatic heterocycles. The average molecular weight is 417 g/mol. The minimum absolute atomic E-state index is 0.231. The molecule has 29 heavy (non-hydrogen) atoms. The number of hydrogen-bond donors (Lipinski definition) is 1. The van der Waals surface area contributed by atoms with Gasteiger partial charge in [0.2, 0.25) is 15.9 Å². The number of benzene rings is 2. The van der Waals surface area contributed by atoms with Gasteiger partial charge in [-0.25, -0.2) is 8.42 Å². The lowest BCUT2D eigenvalue weighted by Crippen LogP contribution is -2.48. The number of hydrogen-bond acceptors (Lipinski definition) is 3. The maximum absolute atomic E-state index is 13.0. The number of carbonyl (C=O) groups excluding carboxylic acids is 1. The smallest absolute Gasteiger partial charge is 0.244 e. The summed E-state index contributed by atoms with van der Waals surface area (Å²) in [5.74, 6) is -0.334. The van der Waals surface area contributed by atoms with E-state index in [-0.39, 0.29) is 11.9 Å². The largest absolute Gasteiger partial charge is 0.348 e. The lowest BCUT2D eigenvalue weighted by Gasteiger charge is -2.30. The van der Waals surface area contributed by atoms with Gasteiger partial charge in [0.1, 0.15) is 6.04 Å². The van der Waals surface area contributed by atoms with Crippen LogP contribution >= 0.6 is 0 Å². The van der Waals surface area contributed by atoms with Crippen molar-refractivity contribution in [3.8, 4) is 0 Å². The number of aryl methyl sites for hydroxylation is 5. The molecule has 0 aliphatic rings. The lowest BCUT2D eigenvalue weighted by atomic mass is 9.96.